The maximum absolute atomic E-state index is 4.39. The summed E-state index contributed by atoms with van der Waals surface area (Å²) in [4.78, 5) is 0. The van der Waals surface area contributed by atoms with E-state index in [0.717, 1.165) is 11.0 Å². The summed E-state index contributed by atoms with van der Waals surface area (Å²) >= 11 is 0. The standard InChI is InChI=1S/C20H25N3/c1-19(2,3)14-12-15-18(22-23-21-15)16(17(14)20(4,5)6)13-10-8-7-9-11-13/h7-12H,1-6H3,(H,21,22,23). The van der Waals surface area contributed by atoms with Gasteiger partial charge in [0.15, 0.2) is 0 Å². The van der Waals surface area contributed by atoms with Crippen LogP contribution in [0.2, 0.25) is 0 Å². The number of aromatic amines is 1. The van der Waals surface area contributed by atoms with Gasteiger partial charge in [0.05, 0.1) is 5.52 Å². The van der Waals surface area contributed by atoms with E-state index in [2.05, 4.69) is 87.3 Å². The number of rotatable bonds is 1. The number of aromatic nitrogens is 3. The second kappa shape index (κ2) is 5.19. The van der Waals surface area contributed by atoms with E-state index in [4.69, 9.17) is 0 Å². The van der Waals surface area contributed by atoms with Gasteiger partial charge in [-0.3, -0.25) is 5.10 Å². The van der Waals surface area contributed by atoms with E-state index in [0.29, 0.717) is 0 Å². The van der Waals surface area contributed by atoms with Crippen molar-refractivity contribution >= 4 is 11.0 Å². The molecule has 1 N–H and O–H groups in total. The van der Waals surface area contributed by atoms with Crippen LogP contribution in [0.5, 0.6) is 0 Å². The fraction of sp³-hybridized carbons (Fsp3) is 0.400. The molecule has 0 spiro atoms. The van der Waals surface area contributed by atoms with Crippen molar-refractivity contribution in [1.82, 2.24) is 15.4 Å². The Labute approximate surface area is 138 Å². The fourth-order valence-electron chi connectivity index (χ4n) is 3.25. The van der Waals surface area contributed by atoms with E-state index in [1.807, 2.05) is 6.07 Å². The van der Waals surface area contributed by atoms with Crippen molar-refractivity contribution in [3.8, 4) is 11.1 Å². The molecule has 1 aromatic heterocycles. The predicted molar refractivity (Wildman–Crippen MR) is 96.7 cm³/mol. The molecule has 1 heterocycles. The maximum Gasteiger partial charge on any atom is 0.121 e. The first-order valence-electron chi connectivity index (χ1n) is 8.14. The van der Waals surface area contributed by atoms with Crippen molar-refractivity contribution in [3.05, 3.63) is 47.5 Å². The summed E-state index contributed by atoms with van der Waals surface area (Å²) in [5.41, 5.74) is 7.12. The van der Waals surface area contributed by atoms with E-state index >= 15 is 0 Å². The van der Waals surface area contributed by atoms with Gasteiger partial charge in [-0.05, 0) is 33.6 Å². The third-order valence-electron chi connectivity index (χ3n) is 4.24. The SMILES string of the molecule is CC(C)(C)c1cc2[nH]nnc2c(-c2ccccc2)c1C(C)(C)C. The highest BCUT2D eigenvalue weighted by molar-refractivity contribution is 5.95. The Balaban J connectivity index is 2.51. The zero-order chi connectivity index (χ0) is 16.8. The Morgan fingerprint density at radius 3 is 2.09 bits per heavy atom. The van der Waals surface area contributed by atoms with Gasteiger partial charge >= 0.3 is 0 Å². The van der Waals surface area contributed by atoms with Crippen LogP contribution in [0.25, 0.3) is 22.2 Å². The minimum atomic E-state index is 0.0148. The zero-order valence-electron chi connectivity index (χ0n) is 14.9. The quantitative estimate of drug-likeness (QED) is 0.669. The lowest BCUT2D eigenvalue weighted by atomic mass is 9.72. The van der Waals surface area contributed by atoms with Gasteiger partial charge in [0.2, 0.25) is 0 Å². The monoisotopic (exact) mass is 307 g/mol. The first-order chi connectivity index (χ1) is 10.7. The van der Waals surface area contributed by atoms with E-state index in [1.165, 1.54) is 22.3 Å². The molecule has 0 saturated carbocycles. The van der Waals surface area contributed by atoms with Crippen LogP contribution in [0.15, 0.2) is 36.4 Å². The molecule has 0 amide bonds. The van der Waals surface area contributed by atoms with E-state index in [9.17, 15) is 0 Å². The number of hydrogen-bond donors (Lipinski definition) is 1. The lowest BCUT2D eigenvalue weighted by Crippen LogP contribution is -2.23. The average molecular weight is 307 g/mol. The summed E-state index contributed by atoms with van der Waals surface area (Å²) in [6, 6.07) is 12.8. The van der Waals surface area contributed by atoms with Gasteiger partial charge in [-0.1, -0.05) is 77.1 Å². The first-order valence-corrected chi connectivity index (χ1v) is 8.14. The Morgan fingerprint density at radius 2 is 1.52 bits per heavy atom. The lowest BCUT2D eigenvalue weighted by molar-refractivity contribution is 0.532. The van der Waals surface area contributed by atoms with E-state index < -0.39 is 0 Å². The van der Waals surface area contributed by atoms with Gasteiger partial charge in [0.25, 0.3) is 0 Å². The van der Waals surface area contributed by atoms with Crippen molar-refractivity contribution in [2.24, 2.45) is 0 Å². The number of nitrogens with one attached hydrogen (secondary N) is 1. The molecule has 0 aliphatic heterocycles. The van der Waals surface area contributed by atoms with Crippen LogP contribution in [-0.4, -0.2) is 15.4 Å². The molecule has 23 heavy (non-hydrogen) atoms. The van der Waals surface area contributed by atoms with Crippen LogP contribution in [0.1, 0.15) is 52.7 Å². The average Bonchev–Trinajstić information content (AvgIpc) is 2.92. The minimum Gasteiger partial charge on any atom is -0.258 e. The van der Waals surface area contributed by atoms with Crippen LogP contribution in [-0.2, 0) is 10.8 Å². The highest BCUT2D eigenvalue weighted by Crippen LogP contribution is 2.43. The molecule has 0 unspecified atom stereocenters. The molecular weight excluding hydrogens is 282 g/mol. The third-order valence-corrected chi connectivity index (χ3v) is 4.24. The van der Waals surface area contributed by atoms with Gasteiger partial charge in [-0.2, -0.15) is 0 Å². The van der Waals surface area contributed by atoms with E-state index in [1.54, 1.807) is 0 Å². The number of fused-ring (bicyclic) bond motifs is 1. The van der Waals surface area contributed by atoms with Crippen LogP contribution in [0, 0.1) is 0 Å². The van der Waals surface area contributed by atoms with Gasteiger partial charge in [-0.15, -0.1) is 5.10 Å². The molecule has 0 saturated heterocycles. The largest absolute Gasteiger partial charge is 0.258 e. The summed E-state index contributed by atoms with van der Waals surface area (Å²) in [6.45, 7) is 13.6. The summed E-state index contributed by atoms with van der Waals surface area (Å²) in [5, 5.41) is 11.5. The van der Waals surface area contributed by atoms with Gasteiger partial charge in [-0.25, -0.2) is 0 Å². The van der Waals surface area contributed by atoms with E-state index in [-0.39, 0.29) is 10.8 Å². The Bertz CT molecular complexity index is 831. The molecular formula is C20H25N3. The molecule has 3 aromatic rings. The third kappa shape index (κ3) is 2.76. The second-order valence-corrected chi connectivity index (χ2v) is 8.25. The second-order valence-electron chi connectivity index (χ2n) is 8.25. The van der Waals surface area contributed by atoms with Crippen LogP contribution in [0.4, 0.5) is 0 Å². The molecule has 120 valence electrons. The zero-order valence-corrected chi connectivity index (χ0v) is 14.9. The summed E-state index contributed by atoms with van der Waals surface area (Å²) in [7, 11) is 0. The summed E-state index contributed by atoms with van der Waals surface area (Å²) in [6.07, 6.45) is 0. The van der Waals surface area contributed by atoms with Gasteiger partial charge in [0.1, 0.15) is 5.52 Å². The van der Waals surface area contributed by atoms with Crippen molar-refractivity contribution in [1.29, 1.82) is 0 Å². The molecule has 3 nitrogen and oxygen atoms in total. The molecule has 0 bridgehead atoms. The molecule has 3 heteroatoms. The molecule has 2 aromatic carbocycles. The number of benzene rings is 2. The van der Waals surface area contributed by atoms with Crippen molar-refractivity contribution in [2.45, 2.75) is 52.4 Å². The number of hydrogen-bond acceptors (Lipinski definition) is 2. The number of H-pyrrole nitrogens is 1. The Kier molecular flexibility index (Phi) is 3.55. The lowest BCUT2D eigenvalue weighted by Gasteiger charge is -2.32. The molecule has 0 radical (unpaired) electrons. The highest BCUT2D eigenvalue weighted by Gasteiger charge is 2.30. The topological polar surface area (TPSA) is 41.6 Å². The first kappa shape index (κ1) is 15.7. The molecule has 3 rings (SSSR count). The fourth-order valence-corrected chi connectivity index (χ4v) is 3.25. The predicted octanol–water partition coefficient (Wildman–Crippen LogP) is 5.22. The van der Waals surface area contributed by atoms with Crippen molar-refractivity contribution in [2.75, 3.05) is 0 Å². The normalized spacial score (nSPS) is 12.8. The summed E-state index contributed by atoms with van der Waals surface area (Å²) in [5.74, 6) is 0. The molecule has 0 aliphatic carbocycles. The van der Waals surface area contributed by atoms with Crippen molar-refractivity contribution in [3.63, 3.8) is 0 Å². The van der Waals surface area contributed by atoms with Crippen LogP contribution in [0.3, 0.4) is 0 Å². The maximum atomic E-state index is 4.39. The molecule has 0 fully saturated rings. The Morgan fingerprint density at radius 1 is 0.870 bits per heavy atom. The van der Waals surface area contributed by atoms with Gasteiger partial charge < -0.3 is 0 Å². The minimum absolute atomic E-state index is 0.0148. The molecule has 0 aliphatic rings. The Hall–Kier alpha value is -2.16. The van der Waals surface area contributed by atoms with Gasteiger partial charge in [0, 0.05) is 5.56 Å². The summed E-state index contributed by atoms with van der Waals surface area (Å²) < 4.78 is 0. The molecule has 0 atom stereocenters. The number of nitrogens with zero attached hydrogens (tertiary/aromatic N) is 2. The van der Waals surface area contributed by atoms with Crippen molar-refractivity contribution < 1.29 is 0 Å². The smallest absolute Gasteiger partial charge is 0.121 e. The van der Waals surface area contributed by atoms with Crippen LogP contribution >= 0.6 is 0 Å². The highest BCUT2D eigenvalue weighted by atomic mass is 15.3. The van der Waals surface area contributed by atoms with Crippen LogP contribution < -0.4 is 0 Å².